The summed E-state index contributed by atoms with van der Waals surface area (Å²) in [6.45, 7) is 2.70. The molecule has 108 valence electrons. The van der Waals surface area contributed by atoms with Crippen molar-refractivity contribution in [1.29, 1.82) is 0 Å². The number of ether oxygens (including phenoxy) is 1. The van der Waals surface area contributed by atoms with Gasteiger partial charge in [-0.15, -0.1) is 15.3 Å². The Kier molecular flexibility index (Phi) is 3.85. The Morgan fingerprint density at radius 3 is 2.76 bits per heavy atom. The molecule has 2 aromatic heterocycles. The highest BCUT2D eigenvalue weighted by atomic mass is 35.5. The van der Waals surface area contributed by atoms with Crippen molar-refractivity contribution in [2.24, 2.45) is 0 Å². The first-order valence-corrected chi connectivity index (χ1v) is 7.54. The Morgan fingerprint density at radius 2 is 2.05 bits per heavy atom. The molecule has 0 spiro atoms. The Morgan fingerprint density at radius 1 is 1.29 bits per heavy atom. The second-order valence-electron chi connectivity index (χ2n) is 4.28. The van der Waals surface area contributed by atoms with Crippen LogP contribution in [0, 0.1) is 0 Å². The largest absolute Gasteiger partial charge is 0.494 e. The van der Waals surface area contributed by atoms with Gasteiger partial charge in [0, 0.05) is 5.56 Å². The molecule has 0 saturated carbocycles. The predicted octanol–water partition coefficient (Wildman–Crippen LogP) is 2.66. The molecule has 0 aliphatic carbocycles. The molecular weight excluding hydrogens is 312 g/mol. The van der Waals surface area contributed by atoms with Gasteiger partial charge in [0.05, 0.1) is 6.61 Å². The fourth-order valence-corrected chi connectivity index (χ4v) is 2.65. The zero-order valence-electron chi connectivity index (χ0n) is 11.1. The van der Waals surface area contributed by atoms with Crippen molar-refractivity contribution in [1.82, 2.24) is 19.8 Å². The molecule has 0 saturated heterocycles. The van der Waals surface area contributed by atoms with Crippen molar-refractivity contribution in [3.8, 4) is 17.0 Å². The molecular formula is C13H11ClN4O2S. The first-order valence-electron chi connectivity index (χ1n) is 6.34. The number of benzene rings is 1. The summed E-state index contributed by atoms with van der Waals surface area (Å²) in [4.78, 5) is 12.7. The first-order chi connectivity index (χ1) is 10.2. The standard InChI is InChI=1S/C13H11ClN4O2S/c1-2-7-20-9-5-3-8(4-6-9)10-11(19)18-13(16-15-10)21-12(14)17-18/h3-6H,2,7H2,1H3. The molecule has 0 bridgehead atoms. The number of aromatic nitrogens is 4. The molecule has 0 radical (unpaired) electrons. The maximum absolute atomic E-state index is 12.3. The van der Waals surface area contributed by atoms with Gasteiger partial charge in [0.2, 0.25) is 9.43 Å². The van der Waals surface area contributed by atoms with Gasteiger partial charge in [0.1, 0.15) is 5.75 Å². The summed E-state index contributed by atoms with van der Waals surface area (Å²) in [6, 6.07) is 7.15. The van der Waals surface area contributed by atoms with Gasteiger partial charge in [0.25, 0.3) is 0 Å². The third kappa shape index (κ3) is 2.74. The van der Waals surface area contributed by atoms with Crippen LogP contribution in [-0.4, -0.2) is 26.4 Å². The van der Waals surface area contributed by atoms with Crippen LogP contribution in [0.3, 0.4) is 0 Å². The van der Waals surface area contributed by atoms with Crippen LogP contribution in [0.4, 0.5) is 0 Å². The van der Waals surface area contributed by atoms with Gasteiger partial charge in [-0.05, 0) is 42.3 Å². The van der Waals surface area contributed by atoms with Crippen molar-refractivity contribution in [3.63, 3.8) is 0 Å². The molecule has 0 fully saturated rings. The van der Waals surface area contributed by atoms with E-state index in [1.807, 2.05) is 6.92 Å². The Bertz CT molecular complexity index is 828. The van der Waals surface area contributed by atoms with E-state index >= 15 is 0 Å². The van der Waals surface area contributed by atoms with E-state index in [1.54, 1.807) is 24.3 Å². The molecule has 3 aromatic rings. The van der Waals surface area contributed by atoms with Crippen LogP contribution < -0.4 is 10.3 Å². The summed E-state index contributed by atoms with van der Waals surface area (Å²) >= 11 is 6.89. The summed E-state index contributed by atoms with van der Waals surface area (Å²) in [5, 5.41) is 11.9. The zero-order chi connectivity index (χ0) is 14.8. The summed E-state index contributed by atoms with van der Waals surface area (Å²) in [5.41, 5.74) is 0.553. The topological polar surface area (TPSA) is 69.4 Å². The third-order valence-electron chi connectivity index (χ3n) is 2.77. The average Bonchev–Trinajstić information content (AvgIpc) is 2.88. The monoisotopic (exact) mass is 322 g/mol. The predicted molar refractivity (Wildman–Crippen MR) is 81.2 cm³/mol. The van der Waals surface area contributed by atoms with E-state index in [2.05, 4.69) is 15.3 Å². The van der Waals surface area contributed by atoms with Crippen molar-refractivity contribution >= 4 is 27.9 Å². The lowest BCUT2D eigenvalue weighted by molar-refractivity contribution is 0.317. The molecule has 0 amide bonds. The average molecular weight is 323 g/mol. The summed E-state index contributed by atoms with van der Waals surface area (Å²) in [7, 11) is 0. The van der Waals surface area contributed by atoms with Gasteiger partial charge < -0.3 is 4.74 Å². The minimum Gasteiger partial charge on any atom is -0.494 e. The SMILES string of the molecule is CCCOc1ccc(-c2nnc3sc(Cl)nn3c2=O)cc1. The maximum Gasteiger partial charge on any atom is 0.302 e. The molecule has 0 aliphatic rings. The van der Waals surface area contributed by atoms with Crippen molar-refractivity contribution in [3.05, 3.63) is 39.1 Å². The number of hydrogen-bond donors (Lipinski definition) is 0. The summed E-state index contributed by atoms with van der Waals surface area (Å²) < 4.78 is 6.92. The number of hydrogen-bond acceptors (Lipinski definition) is 6. The lowest BCUT2D eigenvalue weighted by Crippen LogP contribution is -2.18. The van der Waals surface area contributed by atoms with Gasteiger partial charge in [-0.1, -0.05) is 18.3 Å². The summed E-state index contributed by atoms with van der Waals surface area (Å²) in [5.74, 6) is 0.756. The number of halogens is 1. The van der Waals surface area contributed by atoms with E-state index in [9.17, 15) is 4.79 Å². The van der Waals surface area contributed by atoms with Crippen molar-refractivity contribution < 1.29 is 4.74 Å². The molecule has 0 N–H and O–H groups in total. The molecule has 8 heteroatoms. The van der Waals surface area contributed by atoms with E-state index in [4.69, 9.17) is 16.3 Å². The fraction of sp³-hybridized carbons (Fsp3) is 0.231. The molecule has 3 rings (SSSR count). The Balaban J connectivity index is 2.00. The Labute approximate surface area is 129 Å². The smallest absolute Gasteiger partial charge is 0.302 e. The normalized spacial score (nSPS) is 11.0. The van der Waals surface area contributed by atoms with Gasteiger partial charge in [-0.3, -0.25) is 4.79 Å². The van der Waals surface area contributed by atoms with Gasteiger partial charge in [-0.2, -0.15) is 4.52 Å². The van der Waals surface area contributed by atoms with Crippen LogP contribution >= 0.6 is 22.9 Å². The molecule has 21 heavy (non-hydrogen) atoms. The second-order valence-corrected chi connectivity index (χ2v) is 5.81. The van der Waals surface area contributed by atoms with Crippen LogP contribution in [0.2, 0.25) is 4.47 Å². The van der Waals surface area contributed by atoms with E-state index in [0.29, 0.717) is 17.1 Å². The minimum atomic E-state index is -0.342. The number of fused-ring (bicyclic) bond motifs is 1. The number of nitrogens with zero attached hydrogens (tertiary/aromatic N) is 4. The Hall–Kier alpha value is -1.99. The van der Waals surface area contributed by atoms with Crippen molar-refractivity contribution in [2.75, 3.05) is 6.61 Å². The maximum atomic E-state index is 12.3. The van der Waals surface area contributed by atoms with Crippen molar-refractivity contribution in [2.45, 2.75) is 13.3 Å². The van der Waals surface area contributed by atoms with Crippen LogP contribution in [0.25, 0.3) is 16.2 Å². The highest BCUT2D eigenvalue weighted by Crippen LogP contribution is 2.20. The van der Waals surface area contributed by atoms with Crippen LogP contribution in [-0.2, 0) is 0 Å². The van der Waals surface area contributed by atoms with E-state index in [-0.39, 0.29) is 15.7 Å². The molecule has 0 unspecified atom stereocenters. The lowest BCUT2D eigenvalue weighted by atomic mass is 10.1. The first kappa shape index (κ1) is 14.0. The summed E-state index contributed by atoms with van der Waals surface area (Å²) in [6.07, 6.45) is 0.940. The molecule has 2 heterocycles. The van der Waals surface area contributed by atoms with Gasteiger partial charge in [-0.25, -0.2) is 0 Å². The third-order valence-corrected chi connectivity index (χ3v) is 3.76. The lowest BCUT2D eigenvalue weighted by Gasteiger charge is -2.05. The van der Waals surface area contributed by atoms with Crippen LogP contribution in [0.15, 0.2) is 29.1 Å². The van der Waals surface area contributed by atoms with Crippen LogP contribution in [0.5, 0.6) is 5.75 Å². The van der Waals surface area contributed by atoms with E-state index in [1.165, 1.54) is 0 Å². The zero-order valence-corrected chi connectivity index (χ0v) is 12.7. The quantitative estimate of drug-likeness (QED) is 0.738. The van der Waals surface area contributed by atoms with Crippen LogP contribution in [0.1, 0.15) is 13.3 Å². The van der Waals surface area contributed by atoms with E-state index in [0.717, 1.165) is 28.0 Å². The molecule has 6 nitrogen and oxygen atoms in total. The molecule has 1 aromatic carbocycles. The second kappa shape index (κ2) is 5.79. The molecule has 0 atom stereocenters. The van der Waals surface area contributed by atoms with Gasteiger partial charge >= 0.3 is 5.56 Å². The highest BCUT2D eigenvalue weighted by Gasteiger charge is 2.12. The molecule has 0 aliphatic heterocycles. The van der Waals surface area contributed by atoms with E-state index < -0.39 is 0 Å². The minimum absolute atomic E-state index is 0.233. The fourth-order valence-electron chi connectivity index (χ4n) is 1.80. The highest BCUT2D eigenvalue weighted by molar-refractivity contribution is 7.20. The number of rotatable bonds is 4. The van der Waals surface area contributed by atoms with Gasteiger partial charge in [0.15, 0.2) is 5.69 Å².